The number of amides is 1. The summed E-state index contributed by atoms with van der Waals surface area (Å²) in [5.74, 6) is 0.00977. The fourth-order valence-electron chi connectivity index (χ4n) is 3.33. The second-order valence-corrected chi connectivity index (χ2v) is 6.77. The van der Waals surface area contributed by atoms with Gasteiger partial charge in [0.15, 0.2) is 11.7 Å². The van der Waals surface area contributed by atoms with Gasteiger partial charge in [0.1, 0.15) is 11.6 Å². The van der Waals surface area contributed by atoms with Crippen LogP contribution in [0.4, 0.5) is 19.0 Å². The van der Waals surface area contributed by atoms with E-state index < -0.39 is 24.2 Å². The summed E-state index contributed by atoms with van der Waals surface area (Å²) in [6.07, 6.45) is 2.42. The highest BCUT2D eigenvalue weighted by atomic mass is 19.4. The Bertz CT molecular complexity index is 949. The largest absolute Gasteiger partial charge is 0.467 e. The molecule has 0 aromatic carbocycles. The normalized spacial score (nSPS) is 18.9. The van der Waals surface area contributed by atoms with Gasteiger partial charge in [-0.1, -0.05) is 0 Å². The molecule has 1 aliphatic rings. The van der Waals surface area contributed by atoms with Crippen LogP contribution in [0.2, 0.25) is 0 Å². The van der Waals surface area contributed by atoms with E-state index in [0.29, 0.717) is 25.3 Å². The smallest absolute Gasteiger partial charge is 0.410 e. The summed E-state index contributed by atoms with van der Waals surface area (Å²) >= 11 is 0. The number of carbonyl (C=O) groups is 1. The molecule has 0 radical (unpaired) electrons. The van der Waals surface area contributed by atoms with Crippen LogP contribution in [0, 0.1) is 0 Å². The molecule has 8 nitrogen and oxygen atoms in total. The first-order chi connectivity index (χ1) is 13.9. The summed E-state index contributed by atoms with van der Waals surface area (Å²) in [7, 11) is 0. The number of imidazole rings is 1. The van der Waals surface area contributed by atoms with Crippen molar-refractivity contribution in [3.05, 3.63) is 54.6 Å². The third kappa shape index (κ3) is 4.13. The first-order valence-corrected chi connectivity index (χ1v) is 9.12. The Morgan fingerprint density at radius 1 is 1.41 bits per heavy atom. The highest BCUT2D eigenvalue weighted by Crippen LogP contribution is 2.43. The van der Waals surface area contributed by atoms with Crippen molar-refractivity contribution >= 4 is 11.7 Å². The van der Waals surface area contributed by atoms with Crippen LogP contribution in [0.1, 0.15) is 41.2 Å². The molecule has 3 aromatic heterocycles. The standard InChI is InChI=1S/C18H19F3N6O2/c19-18(20,21)15-9-12(14-3-1-8-29-14)24-16-10-13(25-27(15)16)17(28)23-4-2-6-26-7-5-22-11-26/h1,3,5,7-8,10-12,15,24H,2,4,6,9H2,(H,23,28)/t12-,15+/m0/s1. The number of alkyl halides is 3. The van der Waals surface area contributed by atoms with Gasteiger partial charge in [-0.25, -0.2) is 9.67 Å². The number of nitrogens with one attached hydrogen (secondary N) is 2. The van der Waals surface area contributed by atoms with Crippen molar-refractivity contribution in [3.8, 4) is 0 Å². The molecule has 0 fully saturated rings. The molecule has 4 heterocycles. The number of furan rings is 1. The summed E-state index contributed by atoms with van der Waals surface area (Å²) < 4.78 is 48.8. The molecule has 1 aliphatic heterocycles. The minimum Gasteiger partial charge on any atom is -0.467 e. The fourth-order valence-corrected chi connectivity index (χ4v) is 3.33. The molecule has 1 amide bonds. The zero-order valence-electron chi connectivity index (χ0n) is 15.3. The maximum Gasteiger partial charge on any atom is 0.410 e. The molecular formula is C18H19F3N6O2. The number of hydrogen-bond donors (Lipinski definition) is 2. The second-order valence-electron chi connectivity index (χ2n) is 6.77. The van der Waals surface area contributed by atoms with Crippen LogP contribution in [0.5, 0.6) is 0 Å². The quantitative estimate of drug-likeness (QED) is 0.612. The maximum absolute atomic E-state index is 13.6. The number of halogens is 3. The molecule has 3 aromatic rings. The zero-order chi connectivity index (χ0) is 20.4. The lowest BCUT2D eigenvalue weighted by atomic mass is 10.0. The van der Waals surface area contributed by atoms with Crippen LogP contribution in [-0.4, -0.2) is 38.0 Å². The lowest BCUT2D eigenvalue weighted by Crippen LogP contribution is -2.35. The van der Waals surface area contributed by atoms with Crippen LogP contribution < -0.4 is 10.6 Å². The lowest BCUT2D eigenvalue weighted by molar-refractivity contribution is -0.174. The van der Waals surface area contributed by atoms with Crippen LogP contribution >= 0.6 is 0 Å². The number of carbonyl (C=O) groups excluding carboxylic acids is 1. The molecule has 0 spiro atoms. The zero-order valence-corrected chi connectivity index (χ0v) is 15.3. The molecule has 0 bridgehead atoms. The lowest BCUT2D eigenvalue weighted by Gasteiger charge is -2.32. The van der Waals surface area contributed by atoms with Gasteiger partial charge in [0.25, 0.3) is 5.91 Å². The van der Waals surface area contributed by atoms with Crippen LogP contribution in [0.15, 0.2) is 47.6 Å². The highest BCUT2D eigenvalue weighted by Gasteiger charge is 2.47. The van der Waals surface area contributed by atoms with Gasteiger partial charge in [-0.15, -0.1) is 0 Å². The molecule has 11 heteroatoms. The van der Waals surface area contributed by atoms with Gasteiger partial charge < -0.3 is 19.6 Å². The number of aryl methyl sites for hydroxylation is 1. The van der Waals surface area contributed by atoms with E-state index in [1.54, 1.807) is 24.7 Å². The molecule has 154 valence electrons. The molecule has 2 N–H and O–H groups in total. The van der Waals surface area contributed by atoms with Crippen LogP contribution in [0.3, 0.4) is 0 Å². The molecule has 2 atom stereocenters. The molecular weight excluding hydrogens is 389 g/mol. The number of anilines is 1. The van der Waals surface area contributed by atoms with Crippen molar-refractivity contribution in [2.45, 2.75) is 37.6 Å². The maximum atomic E-state index is 13.6. The van der Waals surface area contributed by atoms with Gasteiger partial charge in [-0.2, -0.15) is 18.3 Å². The van der Waals surface area contributed by atoms with Gasteiger partial charge in [0, 0.05) is 38.0 Å². The molecule has 29 heavy (non-hydrogen) atoms. The Balaban J connectivity index is 1.46. The number of hydrogen-bond acceptors (Lipinski definition) is 5. The van der Waals surface area contributed by atoms with Crippen molar-refractivity contribution < 1.29 is 22.4 Å². The van der Waals surface area contributed by atoms with Crippen molar-refractivity contribution in [3.63, 3.8) is 0 Å². The van der Waals surface area contributed by atoms with Gasteiger partial charge in [-0.3, -0.25) is 4.79 Å². The minimum absolute atomic E-state index is 0.0653. The van der Waals surface area contributed by atoms with E-state index in [9.17, 15) is 18.0 Å². The number of nitrogens with zero attached hydrogens (tertiary/aromatic N) is 4. The van der Waals surface area contributed by atoms with Crippen molar-refractivity contribution in [2.24, 2.45) is 0 Å². The fraction of sp³-hybridized carbons (Fsp3) is 0.389. The Kier molecular flexibility index (Phi) is 5.03. The first kappa shape index (κ1) is 19.1. The number of aromatic nitrogens is 4. The summed E-state index contributed by atoms with van der Waals surface area (Å²) in [5.41, 5.74) is -0.0653. The Morgan fingerprint density at radius 3 is 2.97 bits per heavy atom. The van der Waals surface area contributed by atoms with Gasteiger partial charge >= 0.3 is 6.18 Å². The second kappa shape index (κ2) is 7.64. The Morgan fingerprint density at radius 2 is 2.28 bits per heavy atom. The van der Waals surface area contributed by atoms with Crippen molar-refractivity contribution in [2.75, 3.05) is 11.9 Å². The molecule has 0 aliphatic carbocycles. The SMILES string of the molecule is O=C(NCCCn1ccnc1)c1cc2n(n1)[C@@H](C(F)(F)F)C[C@@H](c1ccco1)N2. The van der Waals surface area contributed by atoms with E-state index in [1.807, 2.05) is 10.8 Å². The van der Waals surface area contributed by atoms with E-state index >= 15 is 0 Å². The molecule has 0 unspecified atom stereocenters. The van der Waals surface area contributed by atoms with E-state index in [4.69, 9.17) is 4.42 Å². The summed E-state index contributed by atoms with van der Waals surface area (Å²) in [4.78, 5) is 16.3. The van der Waals surface area contributed by atoms with E-state index in [0.717, 1.165) is 4.68 Å². The van der Waals surface area contributed by atoms with E-state index in [-0.39, 0.29) is 17.9 Å². The molecule has 4 rings (SSSR count). The van der Waals surface area contributed by atoms with Gasteiger partial charge in [-0.05, 0) is 18.6 Å². The average Bonchev–Trinajstić information content (AvgIpc) is 3.44. The van der Waals surface area contributed by atoms with Crippen LogP contribution in [0.25, 0.3) is 0 Å². The van der Waals surface area contributed by atoms with E-state index in [2.05, 4.69) is 20.7 Å². The Hall–Kier alpha value is -3.24. The molecule has 0 saturated heterocycles. The summed E-state index contributed by atoms with van der Waals surface area (Å²) in [5, 5.41) is 9.59. The van der Waals surface area contributed by atoms with E-state index in [1.165, 1.54) is 12.3 Å². The average molecular weight is 408 g/mol. The number of fused-ring (bicyclic) bond motifs is 1. The summed E-state index contributed by atoms with van der Waals surface area (Å²) in [6.45, 7) is 1.03. The molecule has 0 saturated carbocycles. The predicted octanol–water partition coefficient (Wildman–Crippen LogP) is 3.15. The topological polar surface area (TPSA) is 89.9 Å². The van der Waals surface area contributed by atoms with Gasteiger partial charge in [0.05, 0.1) is 18.6 Å². The monoisotopic (exact) mass is 408 g/mol. The Labute approximate surface area is 163 Å². The summed E-state index contributed by atoms with van der Waals surface area (Å²) in [6, 6.07) is 2.06. The van der Waals surface area contributed by atoms with Gasteiger partial charge in [0.2, 0.25) is 0 Å². The third-order valence-corrected chi connectivity index (χ3v) is 4.75. The van der Waals surface area contributed by atoms with Crippen molar-refractivity contribution in [1.82, 2.24) is 24.6 Å². The van der Waals surface area contributed by atoms with Crippen LogP contribution in [-0.2, 0) is 6.54 Å². The highest BCUT2D eigenvalue weighted by molar-refractivity contribution is 5.93. The minimum atomic E-state index is -4.51. The first-order valence-electron chi connectivity index (χ1n) is 9.12. The predicted molar refractivity (Wildman–Crippen MR) is 96.2 cm³/mol. The third-order valence-electron chi connectivity index (χ3n) is 4.75. The number of rotatable bonds is 6. The van der Waals surface area contributed by atoms with Crippen molar-refractivity contribution in [1.29, 1.82) is 0 Å².